The Balaban J connectivity index is 1.42. The maximum absolute atomic E-state index is 13.8. The summed E-state index contributed by atoms with van der Waals surface area (Å²) in [5.41, 5.74) is -0.826. The fraction of sp³-hybridized carbons (Fsp3) is 0.946. The molecule has 244 valence electrons. The summed E-state index contributed by atoms with van der Waals surface area (Å²) in [6.07, 6.45) is 12.0. The molecule has 5 aliphatic carbocycles. The molecular weight excluding hydrogens is 538 g/mol. The molecule has 0 amide bonds. The molecule has 0 spiro atoms. The molecule has 1 aliphatic heterocycles. The SMILES string of the molecule is CC1(C)CC[C@]2(C(=O)O)CC[C@]3(C)C([C@H](OC(=O)CN4CCCCC4)C[C@@H]4[C@@]5(C)CC[C@H](O)C(C)(C)[C@@H]5CC[C@]43C)[C@@H]2C1. The monoisotopic (exact) mass is 599 g/mol. The number of ether oxygens (including phenoxy) is 1. The lowest BCUT2D eigenvalue weighted by Gasteiger charge is -2.74. The molecule has 6 heteroatoms. The van der Waals surface area contributed by atoms with E-state index in [2.05, 4.69) is 53.4 Å². The molecule has 6 aliphatic rings. The zero-order chi connectivity index (χ0) is 31.2. The van der Waals surface area contributed by atoms with Gasteiger partial charge in [-0.2, -0.15) is 0 Å². The minimum absolute atomic E-state index is 0.00760. The zero-order valence-electron chi connectivity index (χ0n) is 28.3. The Labute approximate surface area is 261 Å². The highest BCUT2D eigenvalue weighted by Gasteiger charge is 2.73. The largest absolute Gasteiger partial charge is 0.481 e. The number of carbonyl (C=O) groups is 2. The highest BCUT2D eigenvalue weighted by molar-refractivity contribution is 5.76. The lowest BCUT2D eigenvalue weighted by atomic mass is 9.31. The van der Waals surface area contributed by atoms with Crippen molar-refractivity contribution in [1.82, 2.24) is 4.90 Å². The summed E-state index contributed by atoms with van der Waals surface area (Å²) in [6, 6.07) is 0. The van der Waals surface area contributed by atoms with Crippen LogP contribution in [0.25, 0.3) is 0 Å². The number of hydrogen-bond donors (Lipinski definition) is 2. The van der Waals surface area contributed by atoms with E-state index in [-0.39, 0.29) is 57.1 Å². The van der Waals surface area contributed by atoms with Crippen LogP contribution in [0, 0.1) is 56.2 Å². The number of nitrogens with zero attached hydrogens (tertiary/aromatic N) is 1. The number of carbonyl (C=O) groups excluding carboxylic acids is 1. The number of piperidine rings is 1. The number of aliphatic hydroxyl groups is 1. The summed E-state index contributed by atoms with van der Waals surface area (Å²) in [5, 5.41) is 22.0. The van der Waals surface area contributed by atoms with E-state index in [9.17, 15) is 19.8 Å². The van der Waals surface area contributed by atoms with Crippen molar-refractivity contribution in [3.63, 3.8) is 0 Å². The van der Waals surface area contributed by atoms with Gasteiger partial charge >= 0.3 is 11.9 Å². The van der Waals surface area contributed by atoms with Crippen molar-refractivity contribution in [2.24, 2.45) is 56.2 Å². The lowest BCUT2D eigenvalue weighted by Crippen LogP contribution is -2.71. The first kappa shape index (κ1) is 31.8. The van der Waals surface area contributed by atoms with Gasteiger partial charge in [0, 0.05) is 5.92 Å². The van der Waals surface area contributed by atoms with E-state index in [1.165, 1.54) is 6.42 Å². The Morgan fingerprint density at radius 1 is 0.814 bits per heavy atom. The van der Waals surface area contributed by atoms with Gasteiger partial charge in [-0.15, -0.1) is 0 Å². The third-order valence-electron chi connectivity index (χ3n) is 15.7. The molecule has 5 saturated carbocycles. The fourth-order valence-electron chi connectivity index (χ4n) is 13.0. The van der Waals surface area contributed by atoms with Gasteiger partial charge in [-0.05, 0) is 135 Å². The summed E-state index contributed by atoms with van der Waals surface area (Å²) in [4.78, 5) is 29.3. The predicted octanol–water partition coefficient (Wildman–Crippen LogP) is 7.32. The number of hydrogen-bond acceptors (Lipinski definition) is 5. The van der Waals surface area contributed by atoms with E-state index in [4.69, 9.17) is 4.74 Å². The van der Waals surface area contributed by atoms with Gasteiger partial charge in [-0.3, -0.25) is 14.5 Å². The normalized spacial score (nSPS) is 49.0. The van der Waals surface area contributed by atoms with Crippen LogP contribution in [-0.4, -0.2) is 58.9 Å². The van der Waals surface area contributed by atoms with E-state index in [0.29, 0.717) is 18.4 Å². The Bertz CT molecular complexity index is 1110. The van der Waals surface area contributed by atoms with Crippen molar-refractivity contribution in [3.05, 3.63) is 0 Å². The molecule has 6 rings (SSSR count). The van der Waals surface area contributed by atoms with Gasteiger partial charge in [0.25, 0.3) is 0 Å². The molecule has 0 aromatic heterocycles. The van der Waals surface area contributed by atoms with Gasteiger partial charge in [0.05, 0.1) is 18.1 Å². The summed E-state index contributed by atoms with van der Waals surface area (Å²) >= 11 is 0. The van der Waals surface area contributed by atoms with Gasteiger partial charge in [0.2, 0.25) is 0 Å². The minimum atomic E-state index is -0.724. The molecule has 6 nitrogen and oxygen atoms in total. The van der Waals surface area contributed by atoms with E-state index < -0.39 is 11.4 Å². The molecule has 2 N–H and O–H groups in total. The van der Waals surface area contributed by atoms with E-state index in [1.807, 2.05) is 0 Å². The molecule has 43 heavy (non-hydrogen) atoms. The second kappa shape index (κ2) is 10.4. The topological polar surface area (TPSA) is 87.1 Å². The zero-order valence-corrected chi connectivity index (χ0v) is 28.3. The average Bonchev–Trinajstić information content (AvgIpc) is 2.92. The highest BCUT2D eigenvalue weighted by atomic mass is 16.5. The number of fused-ring (bicyclic) bond motifs is 7. The van der Waals surface area contributed by atoms with Gasteiger partial charge < -0.3 is 14.9 Å². The Hall–Kier alpha value is -1.14. The molecular formula is C37H61NO5. The van der Waals surface area contributed by atoms with E-state index in [1.54, 1.807) is 0 Å². The van der Waals surface area contributed by atoms with Crippen LogP contribution in [-0.2, 0) is 14.3 Å². The molecule has 1 unspecified atom stereocenters. The van der Waals surface area contributed by atoms with Gasteiger partial charge in [0.1, 0.15) is 6.10 Å². The summed E-state index contributed by atoms with van der Waals surface area (Å²) in [6.45, 7) is 19.0. The maximum Gasteiger partial charge on any atom is 0.320 e. The van der Waals surface area contributed by atoms with Crippen molar-refractivity contribution < 1.29 is 24.5 Å². The van der Waals surface area contributed by atoms with Crippen LogP contribution >= 0.6 is 0 Å². The van der Waals surface area contributed by atoms with Crippen molar-refractivity contribution in [1.29, 1.82) is 0 Å². The number of esters is 1. The molecule has 1 heterocycles. The van der Waals surface area contributed by atoms with Crippen LogP contribution in [0.2, 0.25) is 0 Å². The first-order valence-electron chi connectivity index (χ1n) is 17.8. The smallest absolute Gasteiger partial charge is 0.320 e. The number of aliphatic carboxylic acids is 1. The van der Waals surface area contributed by atoms with Crippen LogP contribution in [0.4, 0.5) is 0 Å². The number of likely N-dealkylation sites (tertiary alicyclic amines) is 1. The standard InChI is InChI=1S/C37H61NO5/c1-32(2)15-17-37(31(41)42)18-16-36(7)30(24(37)22-32)25(43-29(40)23-38-19-9-8-10-20-38)21-27-34(5)13-12-28(39)33(3,4)26(34)11-14-35(27,36)6/h24-28,30,39H,8-23H2,1-7H3,(H,41,42)/t24-,25+,26-,27+,28-,30?,34-,35+,36+,37-/m0/s1. The summed E-state index contributed by atoms with van der Waals surface area (Å²) in [5.74, 6) is 0.102. The average molecular weight is 600 g/mol. The first-order chi connectivity index (χ1) is 20.0. The number of rotatable bonds is 4. The van der Waals surface area contributed by atoms with Crippen molar-refractivity contribution in [2.45, 2.75) is 144 Å². The third kappa shape index (κ3) is 4.68. The third-order valence-corrected chi connectivity index (χ3v) is 15.7. The maximum atomic E-state index is 13.8. The van der Waals surface area contributed by atoms with Crippen molar-refractivity contribution in [3.8, 4) is 0 Å². The molecule has 0 aromatic rings. The van der Waals surface area contributed by atoms with Crippen LogP contribution in [0.5, 0.6) is 0 Å². The Kier molecular flexibility index (Phi) is 7.73. The molecule has 6 fully saturated rings. The second-order valence-corrected chi connectivity index (χ2v) is 18.4. The van der Waals surface area contributed by atoms with Crippen molar-refractivity contribution in [2.75, 3.05) is 19.6 Å². The second-order valence-electron chi connectivity index (χ2n) is 18.4. The predicted molar refractivity (Wildman–Crippen MR) is 168 cm³/mol. The highest BCUT2D eigenvalue weighted by Crippen LogP contribution is 2.77. The first-order valence-corrected chi connectivity index (χ1v) is 17.8. The van der Waals surface area contributed by atoms with Gasteiger partial charge in [-0.25, -0.2) is 0 Å². The molecule has 1 saturated heterocycles. The van der Waals surface area contributed by atoms with Gasteiger partial charge in [-0.1, -0.05) is 54.9 Å². The van der Waals surface area contributed by atoms with Crippen LogP contribution in [0.15, 0.2) is 0 Å². The Morgan fingerprint density at radius 3 is 2.16 bits per heavy atom. The quantitative estimate of drug-likeness (QED) is 0.329. The number of aliphatic hydroxyl groups excluding tert-OH is 1. The fourth-order valence-corrected chi connectivity index (χ4v) is 13.0. The van der Waals surface area contributed by atoms with E-state index in [0.717, 1.165) is 90.1 Å². The molecule has 0 bridgehead atoms. The van der Waals surface area contributed by atoms with E-state index >= 15 is 0 Å². The molecule has 0 radical (unpaired) electrons. The number of carboxylic acid groups (broad SMARTS) is 1. The summed E-state index contributed by atoms with van der Waals surface area (Å²) in [7, 11) is 0. The Morgan fingerprint density at radius 2 is 1.49 bits per heavy atom. The van der Waals surface area contributed by atoms with Crippen LogP contribution < -0.4 is 0 Å². The molecule has 10 atom stereocenters. The summed E-state index contributed by atoms with van der Waals surface area (Å²) < 4.78 is 6.74. The molecule has 0 aromatic carbocycles. The number of carboxylic acids is 1. The van der Waals surface area contributed by atoms with Crippen LogP contribution in [0.1, 0.15) is 132 Å². The minimum Gasteiger partial charge on any atom is -0.481 e. The van der Waals surface area contributed by atoms with Gasteiger partial charge in [0.15, 0.2) is 0 Å². The lowest BCUT2D eigenvalue weighted by molar-refractivity contribution is -0.281. The van der Waals surface area contributed by atoms with Crippen LogP contribution in [0.3, 0.4) is 0 Å². The van der Waals surface area contributed by atoms with Crippen molar-refractivity contribution >= 4 is 11.9 Å².